The minimum atomic E-state index is -5.15. The molecule has 0 atom stereocenters. The van der Waals surface area contributed by atoms with Gasteiger partial charge in [0.15, 0.2) is 0 Å². The van der Waals surface area contributed by atoms with Crippen LogP contribution in [0.3, 0.4) is 0 Å². The summed E-state index contributed by atoms with van der Waals surface area (Å²) < 4.78 is 36.7. The third-order valence-electron chi connectivity index (χ3n) is 1.64. The molecule has 2 nitrogen and oxygen atoms in total. The van der Waals surface area contributed by atoms with Gasteiger partial charge in [-0.3, -0.25) is 4.79 Å². The summed E-state index contributed by atoms with van der Waals surface area (Å²) in [5, 5.41) is -0.506. The third-order valence-corrected chi connectivity index (χ3v) is 1.96. The summed E-state index contributed by atoms with van der Waals surface area (Å²) in [6.07, 6.45) is 0. The van der Waals surface area contributed by atoms with Crippen LogP contribution < -0.4 is 62.6 Å². The van der Waals surface area contributed by atoms with Crippen LogP contribution >= 0.6 is 11.6 Å². The number of hydrogen-bond donors (Lipinski definition) is 1. The Labute approximate surface area is 132 Å². The SMILES string of the molecule is NC(=O)c1ccc([B-](F)(F)F)c(Cl)c1.[K+]. The average Bonchev–Trinajstić information content (AvgIpc) is 2.01. The molecular weight excluding hydrogens is 256 g/mol. The van der Waals surface area contributed by atoms with E-state index in [1.54, 1.807) is 0 Å². The maximum atomic E-state index is 12.2. The smallest absolute Gasteiger partial charge is 0.445 e. The van der Waals surface area contributed by atoms with E-state index in [0.29, 0.717) is 0 Å². The van der Waals surface area contributed by atoms with Gasteiger partial charge in [0.05, 0.1) is 0 Å². The summed E-state index contributed by atoms with van der Waals surface area (Å²) in [5.74, 6) is -0.812. The van der Waals surface area contributed by atoms with E-state index in [-0.39, 0.29) is 56.9 Å². The molecule has 0 fully saturated rings. The van der Waals surface area contributed by atoms with Gasteiger partial charge < -0.3 is 18.7 Å². The molecule has 0 aliphatic carbocycles. The molecule has 0 saturated carbocycles. The van der Waals surface area contributed by atoms with Crippen molar-refractivity contribution >= 4 is 29.9 Å². The zero-order valence-electron chi connectivity index (χ0n) is 7.81. The van der Waals surface area contributed by atoms with E-state index < -0.39 is 23.4 Å². The Kier molecular flexibility index (Phi) is 5.88. The fourth-order valence-electron chi connectivity index (χ4n) is 0.946. The van der Waals surface area contributed by atoms with Gasteiger partial charge in [-0.1, -0.05) is 29.2 Å². The molecule has 0 saturated heterocycles. The molecule has 0 spiro atoms. The fourth-order valence-corrected chi connectivity index (χ4v) is 1.25. The van der Waals surface area contributed by atoms with Crippen molar-refractivity contribution in [3.8, 4) is 0 Å². The van der Waals surface area contributed by atoms with Crippen LogP contribution in [-0.4, -0.2) is 12.9 Å². The molecule has 0 aliphatic heterocycles. The molecule has 1 aromatic rings. The number of benzene rings is 1. The minimum absolute atomic E-state index is 0. The van der Waals surface area contributed by atoms with Crippen molar-refractivity contribution in [2.75, 3.05) is 0 Å². The summed E-state index contributed by atoms with van der Waals surface area (Å²) in [6, 6.07) is 2.66. The Morgan fingerprint density at radius 2 is 1.87 bits per heavy atom. The quantitative estimate of drug-likeness (QED) is 0.647. The van der Waals surface area contributed by atoms with Gasteiger partial charge in [0, 0.05) is 10.6 Å². The number of rotatable bonds is 2. The molecule has 15 heavy (non-hydrogen) atoms. The van der Waals surface area contributed by atoms with Gasteiger partial charge in [-0.05, 0) is 6.07 Å². The van der Waals surface area contributed by atoms with Gasteiger partial charge in [0.25, 0.3) is 0 Å². The summed E-state index contributed by atoms with van der Waals surface area (Å²) in [5.41, 5.74) is 3.91. The maximum absolute atomic E-state index is 12.2. The number of carbonyl (C=O) groups excluding carboxylic acids is 1. The molecular formula is C7H5BClF3KNO. The van der Waals surface area contributed by atoms with Gasteiger partial charge in [-0.15, -0.1) is 0 Å². The standard InChI is InChI=1S/C7H5BClF3NO.K/c9-6-3-4(7(13)14)1-2-5(6)8(10,11)12;/h1-3H,(H2,13,14);/q-1;+1. The summed E-state index contributed by atoms with van der Waals surface area (Å²) >= 11 is 5.35. The Balaban J connectivity index is 0.00000196. The van der Waals surface area contributed by atoms with Crippen LogP contribution in [0.1, 0.15) is 10.4 Å². The van der Waals surface area contributed by atoms with Crippen molar-refractivity contribution in [1.82, 2.24) is 0 Å². The van der Waals surface area contributed by atoms with Gasteiger partial charge in [0.2, 0.25) is 5.91 Å². The van der Waals surface area contributed by atoms with Gasteiger partial charge in [-0.25, -0.2) is 0 Å². The zero-order chi connectivity index (χ0) is 10.9. The molecule has 1 amide bonds. The van der Waals surface area contributed by atoms with Crippen LogP contribution in [0.5, 0.6) is 0 Å². The fraction of sp³-hybridized carbons (Fsp3) is 0. The van der Waals surface area contributed by atoms with E-state index in [0.717, 1.165) is 18.2 Å². The predicted molar refractivity (Wildman–Crippen MR) is 48.7 cm³/mol. The van der Waals surface area contributed by atoms with Crippen molar-refractivity contribution in [1.29, 1.82) is 0 Å². The van der Waals surface area contributed by atoms with Crippen LogP contribution in [0.4, 0.5) is 12.9 Å². The largest absolute Gasteiger partial charge is 1.00 e. The Morgan fingerprint density at radius 1 is 1.33 bits per heavy atom. The van der Waals surface area contributed by atoms with Gasteiger partial charge in [-0.2, -0.15) is 0 Å². The van der Waals surface area contributed by atoms with E-state index in [2.05, 4.69) is 0 Å². The first-order chi connectivity index (χ1) is 6.32. The first-order valence-corrected chi connectivity index (χ1v) is 3.99. The molecule has 0 heterocycles. The normalized spacial score (nSPS) is 10.7. The number of primary amides is 1. The molecule has 8 heteroatoms. The van der Waals surface area contributed by atoms with Crippen molar-refractivity contribution in [3.05, 3.63) is 28.8 Å². The van der Waals surface area contributed by atoms with E-state index in [1.165, 1.54) is 0 Å². The van der Waals surface area contributed by atoms with Crippen LogP contribution in [0, 0.1) is 0 Å². The average molecular weight is 261 g/mol. The molecule has 0 radical (unpaired) electrons. The first kappa shape index (κ1) is 15.5. The van der Waals surface area contributed by atoms with Crippen LogP contribution in [0.25, 0.3) is 0 Å². The van der Waals surface area contributed by atoms with Crippen molar-refractivity contribution in [2.24, 2.45) is 5.73 Å². The minimum Gasteiger partial charge on any atom is -0.445 e. The number of halogens is 4. The van der Waals surface area contributed by atoms with Crippen LogP contribution in [0.2, 0.25) is 5.02 Å². The second kappa shape index (κ2) is 5.70. The van der Waals surface area contributed by atoms with Crippen LogP contribution in [-0.2, 0) is 0 Å². The summed E-state index contributed by atoms with van der Waals surface area (Å²) in [4.78, 5) is 10.6. The van der Waals surface area contributed by atoms with Gasteiger partial charge in [0.1, 0.15) is 0 Å². The molecule has 0 aromatic heterocycles. The van der Waals surface area contributed by atoms with E-state index in [9.17, 15) is 17.7 Å². The molecule has 1 aromatic carbocycles. The van der Waals surface area contributed by atoms with Gasteiger partial charge >= 0.3 is 58.4 Å². The Morgan fingerprint density at radius 3 is 2.20 bits per heavy atom. The molecule has 0 bridgehead atoms. The maximum Gasteiger partial charge on any atom is 1.00 e. The van der Waals surface area contributed by atoms with E-state index in [4.69, 9.17) is 17.3 Å². The molecule has 2 N–H and O–H groups in total. The third kappa shape index (κ3) is 4.09. The second-order valence-electron chi connectivity index (χ2n) is 2.68. The summed E-state index contributed by atoms with van der Waals surface area (Å²) in [6.45, 7) is -5.15. The monoisotopic (exact) mass is 261 g/mol. The van der Waals surface area contributed by atoms with Crippen LogP contribution in [0.15, 0.2) is 18.2 Å². The van der Waals surface area contributed by atoms with Crippen molar-refractivity contribution in [3.63, 3.8) is 0 Å². The predicted octanol–water partition coefficient (Wildman–Crippen LogP) is -1.50. The zero-order valence-corrected chi connectivity index (χ0v) is 11.7. The van der Waals surface area contributed by atoms with E-state index in [1.807, 2.05) is 0 Å². The molecule has 0 aliphatic rings. The molecule has 76 valence electrons. The number of amides is 1. The van der Waals surface area contributed by atoms with Crippen molar-refractivity contribution < 1.29 is 69.1 Å². The molecule has 0 unspecified atom stereocenters. The number of hydrogen-bond acceptors (Lipinski definition) is 1. The topological polar surface area (TPSA) is 43.1 Å². The first-order valence-electron chi connectivity index (χ1n) is 3.61. The van der Waals surface area contributed by atoms with E-state index >= 15 is 0 Å². The van der Waals surface area contributed by atoms with Crippen molar-refractivity contribution in [2.45, 2.75) is 0 Å². The number of carbonyl (C=O) groups is 1. The summed E-state index contributed by atoms with van der Waals surface area (Å²) in [7, 11) is 0. The molecule has 1 rings (SSSR count). The second-order valence-corrected chi connectivity index (χ2v) is 3.08. The Bertz CT molecular complexity index is 385. The number of nitrogens with two attached hydrogens (primary N) is 1. The Hall–Kier alpha value is 0.471.